The van der Waals surface area contributed by atoms with E-state index in [9.17, 15) is 0 Å². The summed E-state index contributed by atoms with van der Waals surface area (Å²) < 4.78 is 4.93. The topological polar surface area (TPSA) is 9.23 Å². The first-order chi connectivity index (χ1) is 2.89. The van der Waals surface area contributed by atoms with Crippen molar-refractivity contribution in [2.75, 3.05) is 6.61 Å². The highest BCUT2D eigenvalue weighted by molar-refractivity contribution is 4.64. The molecule has 0 amide bonds. The molecule has 1 heteroatoms. The van der Waals surface area contributed by atoms with E-state index in [0.717, 1.165) is 19.4 Å². The van der Waals surface area contributed by atoms with Gasteiger partial charge in [-0.25, -0.2) is 0 Å². The Morgan fingerprint density at radius 1 is 1.67 bits per heavy atom. The molecule has 0 spiro atoms. The van der Waals surface area contributed by atoms with Crippen molar-refractivity contribution in [3.05, 3.63) is 6.92 Å². The summed E-state index contributed by atoms with van der Waals surface area (Å²) in [5.74, 6) is 0. The standard InChI is InChI=1S/C5H8O/c1-5-3-2-4-6-5/h1,5H,2-4H2. The van der Waals surface area contributed by atoms with Crippen LogP contribution in [0, 0.1) is 6.92 Å². The molecule has 1 nitrogen and oxygen atoms in total. The monoisotopic (exact) mass is 84.1 g/mol. The van der Waals surface area contributed by atoms with Crippen molar-refractivity contribution < 1.29 is 4.74 Å². The molecular formula is C5H8O. The van der Waals surface area contributed by atoms with E-state index in [1.54, 1.807) is 0 Å². The van der Waals surface area contributed by atoms with Gasteiger partial charge >= 0.3 is 0 Å². The quantitative estimate of drug-likeness (QED) is 0.423. The van der Waals surface area contributed by atoms with E-state index in [0.29, 0.717) is 0 Å². The zero-order valence-electron chi connectivity index (χ0n) is 3.68. The van der Waals surface area contributed by atoms with Crippen LogP contribution in [0.25, 0.3) is 0 Å². The highest BCUT2D eigenvalue weighted by Crippen LogP contribution is 2.08. The van der Waals surface area contributed by atoms with E-state index < -0.39 is 0 Å². The van der Waals surface area contributed by atoms with Crippen LogP contribution < -0.4 is 0 Å². The molecule has 0 aromatic rings. The van der Waals surface area contributed by atoms with Crippen molar-refractivity contribution in [3.8, 4) is 0 Å². The Kier molecular flexibility index (Phi) is 1.10. The minimum Gasteiger partial charge on any atom is -0.378 e. The van der Waals surface area contributed by atoms with Crippen LogP contribution in [0.2, 0.25) is 0 Å². The van der Waals surface area contributed by atoms with Gasteiger partial charge in [-0.05, 0) is 19.8 Å². The summed E-state index contributed by atoms with van der Waals surface area (Å²) in [6, 6.07) is 0. The largest absolute Gasteiger partial charge is 0.378 e. The van der Waals surface area contributed by atoms with Crippen molar-refractivity contribution in [3.63, 3.8) is 0 Å². The summed E-state index contributed by atoms with van der Waals surface area (Å²) in [5.41, 5.74) is 0. The third kappa shape index (κ3) is 0.716. The van der Waals surface area contributed by atoms with Gasteiger partial charge in [-0.1, -0.05) is 0 Å². The summed E-state index contributed by atoms with van der Waals surface area (Å²) in [7, 11) is 0. The fourth-order valence-corrected chi connectivity index (χ4v) is 0.603. The molecule has 1 atom stereocenters. The van der Waals surface area contributed by atoms with Gasteiger partial charge in [0.1, 0.15) is 0 Å². The molecule has 0 N–H and O–H groups in total. The van der Waals surface area contributed by atoms with E-state index in [4.69, 9.17) is 11.7 Å². The number of rotatable bonds is 0. The van der Waals surface area contributed by atoms with Gasteiger partial charge in [0.05, 0.1) is 6.10 Å². The molecule has 1 fully saturated rings. The summed E-state index contributed by atoms with van der Waals surface area (Å²) in [6.07, 6.45) is 2.23. The van der Waals surface area contributed by atoms with Crippen LogP contribution in [0.1, 0.15) is 12.8 Å². The lowest BCUT2D eigenvalue weighted by molar-refractivity contribution is 0.144. The van der Waals surface area contributed by atoms with Crippen LogP contribution in [0.4, 0.5) is 0 Å². The van der Waals surface area contributed by atoms with Crippen LogP contribution in [-0.4, -0.2) is 12.7 Å². The van der Waals surface area contributed by atoms with Crippen LogP contribution in [0.15, 0.2) is 0 Å². The first-order valence-corrected chi connectivity index (χ1v) is 2.27. The van der Waals surface area contributed by atoms with Gasteiger partial charge in [0.2, 0.25) is 0 Å². The Bertz CT molecular complexity index is 37.2. The van der Waals surface area contributed by atoms with Crippen LogP contribution in [-0.2, 0) is 4.74 Å². The average Bonchev–Trinajstić information content (AvgIpc) is 1.86. The normalized spacial score (nSPS) is 34.5. The third-order valence-corrected chi connectivity index (χ3v) is 0.965. The minimum absolute atomic E-state index is 0.0463. The van der Waals surface area contributed by atoms with Gasteiger partial charge in [-0.15, -0.1) is 0 Å². The molecule has 1 rings (SSSR count). The molecule has 6 heavy (non-hydrogen) atoms. The number of ether oxygens (including phenoxy) is 1. The molecule has 0 aromatic carbocycles. The zero-order chi connectivity index (χ0) is 4.41. The van der Waals surface area contributed by atoms with Gasteiger partial charge in [0.25, 0.3) is 0 Å². The fourth-order valence-electron chi connectivity index (χ4n) is 0.603. The Balaban J connectivity index is 2.18. The van der Waals surface area contributed by atoms with Crippen LogP contribution in [0.5, 0.6) is 0 Å². The molecule has 34 valence electrons. The molecule has 0 aromatic heterocycles. The maximum Gasteiger partial charge on any atom is 0.0611 e. The lowest BCUT2D eigenvalue weighted by atomic mass is 10.3. The van der Waals surface area contributed by atoms with Crippen LogP contribution >= 0.6 is 0 Å². The van der Waals surface area contributed by atoms with Crippen molar-refractivity contribution in [1.29, 1.82) is 0 Å². The maximum atomic E-state index is 5.31. The summed E-state index contributed by atoms with van der Waals surface area (Å²) in [5, 5.41) is 0. The second-order valence-corrected chi connectivity index (χ2v) is 1.55. The Morgan fingerprint density at radius 3 is 2.67 bits per heavy atom. The molecule has 2 radical (unpaired) electrons. The molecule has 0 saturated carbocycles. The molecule has 1 aliphatic heterocycles. The predicted octanol–water partition coefficient (Wildman–Crippen LogP) is 0.876. The van der Waals surface area contributed by atoms with Crippen molar-refractivity contribution in [2.45, 2.75) is 18.9 Å². The molecular weight excluding hydrogens is 76.1 g/mol. The first kappa shape index (κ1) is 4.13. The molecule has 1 heterocycles. The highest BCUT2D eigenvalue weighted by atomic mass is 16.5. The van der Waals surface area contributed by atoms with Gasteiger partial charge < -0.3 is 4.74 Å². The fraction of sp³-hybridized carbons (Fsp3) is 0.800. The SMILES string of the molecule is [CH]C1CCCO1. The second-order valence-electron chi connectivity index (χ2n) is 1.55. The average molecular weight is 84.1 g/mol. The summed E-state index contributed by atoms with van der Waals surface area (Å²) in [6.45, 7) is 6.17. The summed E-state index contributed by atoms with van der Waals surface area (Å²) >= 11 is 0. The predicted molar refractivity (Wildman–Crippen MR) is 23.3 cm³/mol. The van der Waals surface area contributed by atoms with Gasteiger partial charge in [-0.2, -0.15) is 0 Å². The Labute approximate surface area is 38.3 Å². The van der Waals surface area contributed by atoms with E-state index in [1.165, 1.54) is 0 Å². The molecule has 1 aliphatic rings. The Hall–Kier alpha value is -0.0400. The van der Waals surface area contributed by atoms with E-state index in [-0.39, 0.29) is 6.10 Å². The molecule has 0 aliphatic carbocycles. The van der Waals surface area contributed by atoms with Gasteiger partial charge in [0, 0.05) is 6.61 Å². The Morgan fingerprint density at radius 2 is 2.50 bits per heavy atom. The van der Waals surface area contributed by atoms with Crippen molar-refractivity contribution in [2.24, 2.45) is 0 Å². The van der Waals surface area contributed by atoms with E-state index in [1.807, 2.05) is 0 Å². The minimum atomic E-state index is 0.0463. The second kappa shape index (κ2) is 1.61. The first-order valence-electron chi connectivity index (χ1n) is 2.27. The molecule has 1 saturated heterocycles. The number of hydrogen-bond donors (Lipinski definition) is 0. The maximum absolute atomic E-state index is 5.31. The third-order valence-electron chi connectivity index (χ3n) is 0.965. The highest BCUT2D eigenvalue weighted by Gasteiger charge is 2.07. The van der Waals surface area contributed by atoms with Gasteiger partial charge in [0.15, 0.2) is 0 Å². The van der Waals surface area contributed by atoms with E-state index in [2.05, 4.69) is 0 Å². The number of hydrogen-bond acceptors (Lipinski definition) is 1. The molecule has 0 bridgehead atoms. The zero-order valence-corrected chi connectivity index (χ0v) is 3.68. The molecule has 1 unspecified atom stereocenters. The summed E-state index contributed by atoms with van der Waals surface area (Å²) in [4.78, 5) is 0. The van der Waals surface area contributed by atoms with Gasteiger partial charge in [-0.3, -0.25) is 0 Å². The van der Waals surface area contributed by atoms with E-state index >= 15 is 0 Å². The van der Waals surface area contributed by atoms with Crippen molar-refractivity contribution in [1.82, 2.24) is 0 Å². The lowest BCUT2D eigenvalue weighted by Crippen LogP contribution is -1.94. The smallest absolute Gasteiger partial charge is 0.0611 e. The van der Waals surface area contributed by atoms with Crippen LogP contribution in [0.3, 0.4) is 0 Å². The van der Waals surface area contributed by atoms with Crippen molar-refractivity contribution >= 4 is 0 Å². The lowest BCUT2D eigenvalue weighted by Gasteiger charge is -1.93.